The van der Waals surface area contributed by atoms with Gasteiger partial charge in [-0.1, -0.05) is 0 Å². The second kappa shape index (κ2) is 4.53. The molecule has 0 aromatic carbocycles. The van der Waals surface area contributed by atoms with E-state index in [1.165, 1.54) is 24.3 Å². The maximum absolute atomic E-state index is 11.7. The Balaban J connectivity index is 1.93. The van der Waals surface area contributed by atoms with Crippen molar-refractivity contribution in [1.82, 2.24) is 4.90 Å². The Morgan fingerprint density at radius 2 is 2.14 bits per heavy atom. The summed E-state index contributed by atoms with van der Waals surface area (Å²) in [6.45, 7) is 1.56. The number of nitrogens with zero attached hydrogens (tertiary/aromatic N) is 1. The van der Waals surface area contributed by atoms with Crippen LogP contribution in [-0.4, -0.2) is 41.4 Å². The third-order valence-corrected chi connectivity index (χ3v) is 4.25. The summed E-state index contributed by atoms with van der Waals surface area (Å²) in [6, 6.07) is 0.514. The Kier molecular flexibility index (Phi) is 3.34. The van der Waals surface area contributed by atoms with Gasteiger partial charge in [-0.25, -0.2) is 0 Å². The van der Waals surface area contributed by atoms with Gasteiger partial charge in [-0.15, -0.1) is 0 Å². The van der Waals surface area contributed by atoms with Gasteiger partial charge in [0.1, 0.15) is 0 Å². The van der Waals surface area contributed by atoms with Gasteiger partial charge in [0.05, 0.1) is 0 Å². The zero-order valence-corrected chi connectivity index (χ0v) is 9.26. The van der Waals surface area contributed by atoms with Crippen molar-refractivity contribution in [2.24, 2.45) is 11.7 Å². The molecule has 0 radical (unpaired) electrons. The van der Waals surface area contributed by atoms with Gasteiger partial charge >= 0.3 is 0 Å². The summed E-state index contributed by atoms with van der Waals surface area (Å²) in [6.07, 6.45) is 3.03. The zero-order valence-electron chi connectivity index (χ0n) is 8.45. The van der Waals surface area contributed by atoms with Crippen LogP contribution in [-0.2, 0) is 4.79 Å². The molecular formula is C10H18N2OS. The zero-order chi connectivity index (χ0) is 9.97. The molecule has 2 heterocycles. The lowest BCUT2D eigenvalue weighted by Crippen LogP contribution is -2.39. The lowest BCUT2D eigenvalue weighted by Gasteiger charge is -2.31. The Labute approximate surface area is 89.4 Å². The van der Waals surface area contributed by atoms with Crippen LogP contribution in [0.25, 0.3) is 0 Å². The van der Waals surface area contributed by atoms with Crippen LogP contribution >= 0.6 is 11.8 Å². The minimum atomic E-state index is 0.331. The first-order valence-corrected chi connectivity index (χ1v) is 6.54. The number of hydrogen-bond donors (Lipinski definition) is 1. The third-order valence-electron chi connectivity index (χ3n) is 3.20. The molecule has 2 aliphatic heterocycles. The second-order valence-electron chi connectivity index (χ2n) is 4.20. The van der Waals surface area contributed by atoms with E-state index in [0.29, 0.717) is 30.8 Å². The fraction of sp³-hybridized carbons (Fsp3) is 0.900. The van der Waals surface area contributed by atoms with Crippen molar-refractivity contribution in [3.8, 4) is 0 Å². The minimum absolute atomic E-state index is 0.331. The van der Waals surface area contributed by atoms with Crippen LogP contribution in [0.3, 0.4) is 0 Å². The number of thioether (sulfide) groups is 1. The van der Waals surface area contributed by atoms with Crippen LogP contribution in [0.2, 0.25) is 0 Å². The average Bonchev–Trinajstić information content (AvgIpc) is 2.61. The molecule has 0 aromatic rings. The standard InChI is InChI=1S/C10H18N2OS/c11-6-8-5-10(13)12(7-8)9-1-3-14-4-2-9/h8-9H,1-7,11H2. The van der Waals surface area contributed by atoms with Gasteiger partial charge in [-0.2, -0.15) is 11.8 Å². The first kappa shape index (κ1) is 10.3. The molecule has 80 valence electrons. The van der Waals surface area contributed by atoms with E-state index in [1.54, 1.807) is 0 Å². The first-order valence-electron chi connectivity index (χ1n) is 5.38. The molecule has 2 rings (SSSR count). The van der Waals surface area contributed by atoms with Crippen molar-refractivity contribution >= 4 is 17.7 Å². The predicted octanol–water partition coefficient (Wildman–Crippen LogP) is 0.689. The van der Waals surface area contributed by atoms with Gasteiger partial charge in [0.2, 0.25) is 5.91 Å². The SMILES string of the molecule is NCC1CC(=O)N(C2CCSCC2)C1. The van der Waals surface area contributed by atoms with Crippen LogP contribution in [0.5, 0.6) is 0 Å². The summed E-state index contributed by atoms with van der Waals surface area (Å²) in [4.78, 5) is 13.8. The molecule has 1 unspecified atom stereocenters. The monoisotopic (exact) mass is 214 g/mol. The molecule has 0 saturated carbocycles. The lowest BCUT2D eigenvalue weighted by atomic mass is 10.1. The molecule has 0 aliphatic carbocycles. The van der Waals surface area contributed by atoms with Crippen molar-refractivity contribution in [3.05, 3.63) is 0 Å². The summed E-state index contributed by atoms with van der Waals surface area (Å²) < 4.78 is 0. The number of amides is 1. The van der Waals surface area contributed by atoms with Crippen molar-refractivity contribution < 1.29 is 4.79 Å². The predicted molar refractivity (Wildman–Crippen MR) is 59.2 cm³/mol. The molecule has 3 nitrogen and oxygen atoms in total. The number of carbonyl (C=O) groups is 1. The van der Waals surface area contributed by atoms with Gasteiger partial charge in [0, 0.05) is 19.0 Å². The molecule has 0 bridgehead atoms. The van der Waals surface area contributed by atoms with Gasteiger partial charge < -0.3 is 10.6 Å². The normalized spacial score (nSPS) is 29.9. The van der Waals surface area contributed by atoms with Gasteiger partial charge in [0.15, 0.2) is 0 Å². The van der Waals surface area contributed by atoms with Crippen LogP contribution in [0, 0.1) is 5.92 Å². The molecule has 1 atom stereocenters. The molecular weight excluding hydrogens is 196 g/mol. The van der Waals surface area contributed by atoms with Crippen molar-refractivity contribution in [2.45, 2.75) is 25.3 Å². The Morgan fingerprint density at radius 1 is 1.43 bits per heavy atom. The molecule has 0 spiro atoms. The fourth-order valence-corrected chi connectivity index (χ4v) is 3.40. The smallest absolute Gasteiger partial charge is 0.223 e. The molecule has 14 heavy (non-hydrogen) atoms. The highest BCUT2D eigenvalue weighted by atomic mass is 32.2. The van der Waals surface area contributed by atoms with E-state index in [9.17, 15) is 4.79 Å². The molecule has 2 saturated heterocycles. The lowest BCUT2D eigenvalue weighted by molar-refractivity contribution is -0.129. The van der Waals surface area contributed by atoms with Crippen LogP contribution in [0.1, 0.15) is 19.3 Å². The number of likely N-dealkylation sites (tertiary alicyclic amines) is 1. The molecule has 4 heteroatoms. The van der Waals surface area contributed by atoms with E-state index < -0.39 is 0 Å². The molecule has 1 amide bonds. The minimum Gasteiger partial charge on any atom is -0.339 e. The quantitative estimate of drug-likeness (QED) is 0.735. The van der Waals surface area contributed by atoms with E-state index in [0.717, 1.165) is 6.54 Å². The van der Waals surface area contributed by atoms with Crippen LogP contribution < -0.4 is 5.73 Å². The maximum Gasteiger partial charge on any atom is 0.223 e. The highest BCUT2D eigenvalue weighted by Gasteiger charge is 2.33. The van der Waals surface area contributed by atoms with Gasteiger partial charge in [0.25, 0.3) is 0 Å². The van der Waals surface area contributed by atoms with Crippen molar-refractivity contribution in [2.75, 3.05) is 24.6 Å². The Hall–Kier alpha value is -0.220. The summed E-state index contributed by atoms with van der Waals surface area (Å²) in [5.41, 5.74) is 5.60. The highest BCUT2D eigenvalue weighted by molar-refractivity contribution is 7.99. The van der Waals surface area contributed by atoms with Crippen molar-refractivity contribution in [3.63, 3.8) is 0 Å². The summed E-state index contributed by atoms with van der Waals surface area (Å²) in [5, 5.41) is 0. The van der Waals surface area contributed by atoms with Gasteiger partial charge in [-0.3, -0.25) is 4.79 Å². The highest BCUT2D eigenvalue weighted by Crippen LogP contribution is 2.27. The Bertz CT molecular complexity index is 216. The van der Waals surface area contributed by atoms with E-state index in [4.69, 9.17) is 5.73 Å². The summed E-state index contributed by atoms with van der Waals surface area (Å²) in [5.74, 6) is 3.16. The first-order chi connectivity index (χ1) is 6.81. The largest absolute Gasteiger partial charge is 0.339 e. The van der Waals surface area contributed by atoms with E-state index in [2.05, 4.69) is 4.90 Å². The molecule has 2 aliphatic rings. The van der Waals surface area contributed by atoms with Crippen LogP contribution in [0.4, 0.5) is 0 Å². The Morgan fingerprint density at radius 3 is 2.71 bits per heavy atom. The van der Waals surface area contributed by atoms with E-state index in [-0.39, 0.29) is 0 Å². The number of rotatable bonds is 2. The van der Waals surface area contributed by atoms with Crippen LogP contribution in [0.15, 0.2) is 0 Å². The summed E-state index contributed by atoms with van der Waals surface area (Å²) in [7, 11) is 0. The summed E-state index contributed by atoms with van der Waals surface area (Å²) >= 11 is 2.00. The van der Waals surface area contributed by atoms with Crippen molar-refractivity contribution in [1.29, 1.82) is 0 Å². The van der Waals surface area contributed by atoms with Gasteiger partial charge in [-0.05, 0) is 36.8 Å². The average molecular weight is 214 g/mol. The molecule has 2 fully saturated rings. The maximum atomic E-state index is 11.7. The number of hydrogen-bond acceptors (Lipinski definition) is 3. The van der Waals surface area contributed by atoms with E-state index in [1.807, 2.05) is 11.8 Å². The topological polar surface area (TPSA) is 46.3 Å². The third kappa shape index (κ3) is 2.06. The fourth-order valence-electron chi connectivity index (χ4n) is 2.32. The second-order valence-corrected chi connectivity index (χ2v) is 5.42. The molecule has 2 N–H and O–H groups in total. The van der Waals surface area contributed by atoms with E-state index >= 15 is 0 Å². The molecule has 0 aromatic heterocycles. The number of carbonyl (C=O) groups excluding carboxylic acids is 1. The number of nitrogens with two attached hydrogens (primary N) is 1.